The van der Waals surface area contributed by atoms with Gasteiger partial charge in [-0.3, -0.25) is 9.78 Å². The topological polar surface area (TPSA) is 84.7 Å². The zero-order valence-corrected chi connectivity index (χ0v) is 17.5. The van der Waals surface area contributed by atoms with Crippen molar-refractivity contribution < 1.29 is 4.79 Å². The fraction of sp³-hybridized carbons (Fsp3) is 0.391. The van der Waals surface area contributed by atoms with E-state index < -0.39 is 0 Å². The molecule has 4 rings (SSSR count). The molecule has 2 N–H and O–H groups in total. The summed E-state index contributed by atoms with van der Waals surface area (Å²) in [7, 11) is 0. The van der Waals surface area contributed by atoms with Crippen LogP contribution in [-0.4, -0.2) is 32.0 Å². The fourth-order valence-corrected chi connectivity index (χ4v) is 3.91. The molecule has 3 aromatic heterocycles. The Morgan fingerprint density at radius 1 is 1.20 bits per heavy atom. The molecule has 156 valence electrons. The molecule has 0 radical (unpaired) electrons. The maximum Gasteiger partial charge on any atom is 0.252 e. The second-order valence-corrected chi connectivity index (χ2v) is 7.96. The highest BCUT2D eigenvalue weighted by atomic mass is 16.1. The smallest absolute Gasteiger partial charge is 0.252 e. The predicted molar refractivity (Wildman–Crippen MR) is 116 cm³/mol. The normalized spacial score (nSPS) is 15.2. The van der Waals surface area contributed by atoms with Crippen LogP contribution in [0.4, 0.5) is 5.82 Å². The molecule has 0 aliphatic heterocycles. The van der Waals surface area contributed by atoms with Crippen LogP contribution in [0.25, 0.3) is 0 Å². The van der Waals surface area contributed by atoms with Crippen LogP contribution < -0.4 is 10.6 Å². The van der Waals surface area contributed by atoms with Gasteiger partial charge in [0, 0.05) is 43.8 Å². The number of hydrogen-bond acceptors (Lipinski definition) is 5. The Morgan fingerprint density at radius 2 is 2.10 bits per heavy atom. The van der Waals surface area contributed by atoms with E-state index in [-0.39, 0.29) is 11.9 Å². The molecule has 0 saturated heterocycles. The lowest BCUT2D eigenvalue weighted by Crippen LogP contribution is -2.25. The monoisotopic (exact) mass is 404 g/mol. The molecule has 0 bridgehead atoms. The van der Waals surface area contributed by atoms with Gasteiger partial charge in [-0.2, -0.15) is 0 Å². The van der Waals surface area contributed by atoms with Gasteiger partial charge >= 0.3 is 0 Å². The van der Waals surface area contributed by atoms with Crippen LogP contribution in [0.2, 0.25) is 0 Å². The zero-order chi connectivity index (χ0) is 20.9. The second-order valence-electron chi connectivity index (χ2n) is 7.96. The van der Waals surface area contributed by atoms with Crippen molar-refractivity contribution in [1.82, 2.24) is 24.8 Å². The van der Waals surface area contributed by atoms with E-state index in [0.29, 0.717) is 18.0 Å². The van der Waals surface area contributed by atoms with Crippen molar-refractivity contribution in [2.75, 3.05) is 11.9 Å². The molecule has 0 fully saturated rings. The molecule has 1 atom stereocenters. The minimum absolute atomic E-state index is 0.100. The first-order chi connectivity index (χ1) is 14.6. The minimum Gasteiger partial charge on any atom is -0.362 e. The maximum absolute atomic E-state index is 12.4. The number of nitrogens with zero attached hydrogens (tertiary/aromatic N) is 4. The number of pyridine rings is 2. The molecular weight excluding hydrogens is 376 g/mol. The number of hydrogen-bond donors (Lipinski definition) is 2. The number of imidazole rings is 1. The summed E-state index contributed by atoms with van der Waals surface area (Å²) in [4.78, 5) is 25.7. The van der Waals surface area contributed by atoms with Crippen LogP contribution in [0, 0.1) is 0 Å². The van der Waals surface area contributed by atoms with Crippen LogP contribution in [-0.2, 0) is 13.0 Å². The van der Waals surface area contributed by atoms with Gasteiger partial charge in [0.05, 0.1) is 17.3 Å². The quantitative estimate of drug-likeness (QED) is 0.559. The van der Waals surface area contributed by atoms with Gasteiger partial charge in [-0.1, -0.05) is 19.9 Å². The van der Waals surface area contributed by atoms with Gasteiger partial charge in [-0.25, -0.2) is 9.97 Å². The fourth-order valence-electron chi connectivity index (χ4n) is 3.91. The van der Waals surface area contributed by atoms with E-state index in [1.165, 1.54) is 5.56 Å². The third-order valence-electron chi connectivity index (χ3n) is 5.43. The number of rotatable bonds is 8. The average molecular weight is 405 g/mol. The number of nitrogens with one attached hydrogen (secondary N) is 2. The van der Waals surface area contributed by atoms with Gasteiger partial charge in [0.25, 0.3) is 5.91 Å². The number of anilines is 1. The molecule has 3 heterocycles. The Kier molecular flexibility index (Phi) is 6.07. The van der Waals surface area contributed by atoms with E-state index in [2.05, 4.69) is 50.1 Å². The minimum atomic E-state index is -0.100. The lowest BCUT2D eigenvalue weighted by atomic mass is 10.2. The molecule has 30 heavy (non-hydrogen) atoms. The first kappa shape index (κ1) is 20.1. The molecule has 1 unspecified atom stereocenters. The summed E-state index contributed by atoms with van der Waals surface area (Å²) in [5.74, 6) is 2.13. The van der Waals surface area contributed by atoms with E-state index in [1.54, 1.807) is 6.20 Å². The van der Waals surface area contributed by atoms with Crippen LogP contribution in [0.3, 0.4) is 0 Å². The molecule has 3 aromatic rings. The predicted octanol–water partition coefficient (Wildman–Crippen LogP) is 3.72. The molecule has 0 saturated carbocycles. The number of aryl methyl sites for hydroxylation is 2. The van der Waals surface area contributed by atoms with Crippen LogP contribution in [0.15, 0.2) is 49.1 Å². The van der Waals surface area contributed by atoms with Gasteiger partial charge < -0.3 is 15.2 Å². The van der Waals surface area contributed by atoms with Crippen molar-refractivity contribution in [3.05, 3.63) is 71.7 Å². The van der Waals surface area contributed by atoms with E-state index in [9.17, 15) is 4.79 Å². The highest BCUT2D eigenvalue weighted by Crippen LogP contribution is 2.31. The maximum atomic E-state index is 12.4. The van der Waals surface area contributed by atoms with E-state index >= 15 is 0 Å². The van der Waals surface area contributed by atoms with Crippen molar-refractivity contribution in [2.45, 2.75) is 51.6 Å². The average Bonchev–Trinajstić information content (AvgIpc) is 3.39. The summed E-state index contributed by atoms with van der Waals surface area (Å²) in [5, 5.41) is 6.40. The van der Waals surface area contributed by atoms with Crippen molar-refractivity contribution in [3.63, 3.8) is 0 Å². The lowest BCUT2D eigenvalue weighted by molar-refractivity contribution is 0.0952. The third-order valence-corrected chi connectivity index (χ3v) is 5.43. The number of amides is 1. The standard InChI is InChI=1S/C23H28N6O/c1-16(2)22-25-12-14-29(22)13-4-11-26-23(30)18-7-9-20(27-15-18)28-19-8-6-17-5-3-10-24-21(17)19/h3,5,7,9-10,12,14-16,19H,4,6,8,11,13H2,1-2H3,(H,26,30)(H,27,28). The third kappa shape index (κ3) is 4.50. The van der Waals surface area contributed by atoms with Crippen LogP contribution in [0.5, 0.6) is 0 Å². The number of carbonyl (C=O) groups is 1. The van der Waals surface area contributed by atoms with Gasteiger partial charge in [-0.15, -0.1) is 0 Å². The molecule has 7 heteroatoms. The van der Waals surface area contributed by atoms with Crippen molar-refractivity contribution in [3.8, 4) is 0 Å². The Balaban J connectivity index is 1.26. The van der Waals surface area contributed by atoms with Crippen molar-refractivity contribution in [1.29, 1.82) is 0 Å². The van der Waals surface area contributed by atoms with Gasteiger partial charge in [0.15, 0.2) is 0 Å². The molecule has 1 amide bonds. The number of carbonyl (C=O) groups excluding carboxylic acids is 1. The van der Waals surface area contributed by atoms with Crippen LogP contribution in [0.1, 0.15) is 66.1 Å². The molecule has 1 aliphatic carbocycles. The Labute approximate surface area is 177 Å². The first-order valence-corrected chi connectivity index (χ1v) is 10.6. The second kappa shape index (κ2) is 9.07. The number of fused-ring (bicyclic) bond motifs is 1. The van der Waals surface area contributed by atoms with Crippen LogP contribution >= 0.6 is 0 Å². The van der Waals surface area contributed by atoms with Gasteiger partial charge in [-0.05, 0) is 43.0 Å². The molecule has 1 aliphatic rings. The zero-order valence-electron chi connectivity index (χ0n) is 17.5. The SMILES string of the molecule is CC(C)c1nccn1CCCNC(=O)c1ccc(NC2CCc3cccnc32)nc1. The summed E-state index contributed by atoms with van der Waals surface area (Å²) in [6.45, 7) is 5.72. The summed E-state index contributed by atoms with van der Waals surface area (Å²) >= 11 is 0. The summed E-state index contributed by atoms with van der Waals surface area (Å²) in [5.41, 5.74) is 2.96. The highest BCUT2D eigenvalue weighted by Gasteiger charge is 2.23. The molecule has 7 nitrogen and oxygen atoms in total. The Bertz CT molecular complexity index is 995. The summed E-state index contributed by atoms with van der Waals surface area (Å²) in [6.07, 6.45) is 10.2. The van der Waals surface area contributed by atoms with E-state index in [0.717, 1.165) is 43.1 Å². The first-order valence-electron chi connectivity index (χ1n) is 10.6. The number of aromatic nitrogens is 4. The van der Waals surface area contributed by atoms with Gasteiger partial charge in [0.2, 0.25) is 0 Å². The van der Waals surface area contributed by atoms with E-state index in [1.807, 2.05) is 36.8 Å². The molecule has 0 spiro atoms. The summed E-state index contributed by atoms with van der Waals surface area (Å²) < 4.78 is 2.15. The highest BCUT2D eigenvalue weighted by molar-refractivity contribution is 5.94. The van der Waals surface area contributed by atoms with Crippen molar-refractivity contribution >= 4 is 11.7 Å². The molecular formula is C23H28N6O. The summed E-state index contributed by atoms with van der Waals surface area (Å²) in [6, 6.07) is 7.95. The Morgan fingerprint density at radius 3 is 2.90 bits per heavy atom. The largest absolute Gasteiger partial charge is 0.362 e. The van der Waals surface area contributed by atoms with Gasteiger partial charge in [0.1, 0.15) is 11.6 Å². The van der Waals surface area contributed by atoms with E-state index in [4.69, 9.17) is 0 Å². The molecule has 0 aromatic carbocycles. The lowest BCUT2D eigenvalue weighted by Gasteiger charge is -2.14. The van der Waals surface area contributed by atoms with Crippen molar-refractivity contribution in [2.24, 2.45) is 0 Å². The Hall–Kier alpha value is -3.22.